The molecule has 0 aliphatic carbocycles. The van der Waals surface area contributed by atoms with Gasteiger partial charge in [0.1, 0.15) is 0 Å². The average Bonchev–Trinajstić information content (AvgIpc) is 1.81. The van der Waals surface area contributed by atoms with E-state index in [9.17, 15) is 13.2 Å². The van der Waals surface area contributed by atoms with Gasteiger partial charge in [0.05, 0.1) is 23.7 Å². The van der Waals surface area contributed by atoms with Gasteiger partial charge in [-0.1, -0.05) is 0 Å². The van der Waals surface area contributed by atoms with Crippen LogP contribution in [-0.2, 0) is 9.84 Å². The van der Waals surface area contributed by atoms with E-state index < -0.39 is 28.1 Å². The zero-order chi connectivity index (χ0) is 9.41. The molecule has 0 unspecified atom stereocenters. The Labute approximate surface area is 69.1 Å². The van der Waals surface area contributed by atoms with Gasteiger partial charge in [0.25, 0.3) is 0 Å². The van der Waals surface area contributed by atoms with Crippen LogP contribution in [0.1, 0.15) is 0 Å². The molecule has 12 heavy (non-hydrogen) atoms. The first-order chi connectivity index (χ1) is 5.39. The molecule has 3 N–H and O–H groups in total. The highest BCUT2D eigenvalue weighted by Gasteiger charge is 2.49. The van der Waals surface area contributed by atoms with Gasteiger partial charge in [-0.3, -0.25) is 0 Å². The van der Waals surface area contributed by atoms with Crippen LogP contribution in [0.25, 0.3) is 0 Å². The number of nitrogens with one attached hydrogen (secondary N) is 1. The first-order valence-corrected chi connectivity index (χ1v) is 5.04. The number of sulfone groups is 1. The smallest absolute Gasteiger partial charge is 0.405 e. The lowest BCUT2D eigenvalue weighted by Gasteiger charge is -2.38. The van der Waals surface area contributed by atoms with Gasteiger partial charge in [-0.05, 0) is 0 Å². The Hall–Kier alpha value is -0.820. The van der Waals surface area contributed by atoms with Crippen molar-refractivity contribution < 1.29 is 23.4 Å². The Morgan fingerprint density at radius 1 is 1.50 bits per heavy atom. The summed E-state index contributed by atoms with van der Waals surface area (Å²) in [6.45, 7) is -0.488. The number of hydrogen-bond acceptors (Lipinski definition) is 4. The molecule has 1 rings (SSSR count). The van der Waals surface area contributed by atoms with E-state index in [0.29, 0.717) is 0 Å². The number of amides is 1. The summed E-state index contributed by atoms with van der Waals surface area (Å²) >= 11 is 0. The van der Waals surface area contributed by atoms with E-state index >= 15 is 0 Å². The molecule has 0 aromatic carbocycles. The summed E-state index contributed by atoms with van der Waals surface area (Å²) in [6, 6.07) is 0. The largest absolute Gasteiger partial charge is 0.465 e. The Balaban J connectivity index is 2.65. The fourth-order valence-corrected chi connectivity index (χ4v) is 3.16. The maximum absolute atomic E-state index is 10.7. The average molecular weight is 195 g/mol. The van der Waals surface area contributed by atoms with Gasteiger partial charge in [-0.15, -0.1) is 0 Å². The summed E-state index contributed by atoms with van der Waals surface area (Å²) in [6.07, 6.45) is -1.32. The molecule has 1 fully saturated rings. The van der Waals surface area contributed by atoms with E-state index in [-0.39, 0.29) is 11.5 Å². The molecule has 0 bridgehead atoms. The number of rotatable bonds is 2. The minimum Gasteiger partial charge on any atom is -0.465 e. The zero-order valence-corrected chi connectivity index (χ0v) is 6.97. The molecule has 0 radical (unpaired) electrons. The van der Waals surface area contributed by atoms with Crippen LogP contribution in [0.15, 0.2) is 0 Å². The van der Waals surface area contributed by atoms with Crippen molar-refractivity contribution in [2.75, 3.05) is 18.1 Å². The maximum atomic E-state index is 10.7. The number of carbonyl (C=O) groups is 1. The highest BCUT2D eigenvalue weighted by atomic mass is 32.2. The lowest BCUT2D eigenvalue weighted by Crippen LogP contribution is -2.67. The van der Waals surface area contributed by atoms with Crippen molar-refractivity contribution in [2.45, 2.75) is 5.54 Å². The third-order valence-electron chi connectivity index (χ3n) is 1.67. The number of hydrogen-bond donors (Lipinski definition) is 3. The molecule has 1 aliphatic heterocycles. The van der Waals surface area contributed by atoms with Crippen LogP contribution in [-0.4, -0.2) is 48.4 Å². The van der Waals surface area contributed by atoms with Crippen LogP contribution in [0.2, 0.25) is 0 Å². The van der Waals surface area contributed by atoms with Crippen LogP contribution in [0.4, 0.5) is 4.79 Å². The summed E-state index contributed by atoms with van der Waals surface area (Å²) in [4.78, 5) is 10.2. The maximum Gasteiger partial charge on any atom is 0.405 e. The van der Waals surface area contributed by atoms with Crippen LogP contribution in [0.3, 0.4) is 0 Å². The SMILES string of the molecule is O=C(O)NC1(CO)CS(=O)(=O)C1. The Morgan fingerprint density at radius 3 is 2.25 bits per heavy atom. The molecule has 7 heteroatoms. The van der Waals surface area contributed by atoms with E-state index in [0.717, 1.165) is 0 Å². The third-order valence-corrected chi connectivity index (χ3v) is 3.65. The van der Waals surface area contributed by atoms with Gasteiger partial charge in [0.2, 0.25) is 0 Å². The molecule has 0 saturated carbocycles. The highest BCUT2D eigenvalue weighted by molar-refractivity contribution is 7.93. The number of aliphatic hydroxyl groups is 1. The number of carboxylic acid groups (broad SMARTS) is 1. The second-order valence-electron chi connectivity index (χ2n) is 2.90. The molecule has 70 valence electrons. The molecule has 6 nitrogen and oxygen atoms in total. The van der Waals surface area contributed by atoms with Crippen LogP contribution in [0.5, 0.6) is 0 Å². The second kappa shape index (κ2) is 2.60. The van der Waals surface area contributed by atoms with Crippen LogP contribution < -0.4 is 5.32 Å². The van der Waals surface area contributed by atoms with Crippen molar-refractivity contribution in [3.05, 3.63) is 0 Å². The fourth-order valence-electron chi connectivity index (χ4n) is 1.23. The Bertz CT molecular complexity index is 283. The summed E-state index contributed by atoms with van der Waals surface area (Å²) in [7, 11) is -3.13. The topological polar surface area (TPSA) is 104 Å². The van der Waals surface area contributed by atoms with Gasteiger partial charge in [-0.2, -0.15) is 0 Å². The van der Waals surface area contributed by atoms with E-state index in [2.05, 4.69) is 0 Å². The number of aliphatic hydroxyl groups excluding tert-OH is 1. The second-order valence-corrected chi connectivity index (χ2v) is 4.97. The molecule has 1 amide bonds. The molecule has 1 aliphatic rings. The van der Waals surface area contributed by atoms with E-state index in [1.54, 1.807) is 0 Å². The standard InChI is InChI=1S/C5H9NO5S/c7-1-5(6-4(8)9)2-12(10,11)3-5/h6-7H,1-3H2,(H,8,9). The molecule has 0 aromatic heterocycles. The van der Waals surface area contributed by atoms with E-state index in [4.69, 9.17) is 10.2 Å². The summed E-state index contributed by atoms with van der Waals surface area (Å²) in [5.41, 5.74) is -1.16. The molecule has 0 spiro atoms. The molecule has 1 heterocycles. The van der Waals surface area contributed by atoms with Crippen LogP contribution >= 0.6 is 0 Å². The predicted molar refractivity (Wildman–Crippen MR) is 39.6 cm³/mol. The van der Waals surface area contributed by atoms with Crippen molar-refractivity contribution in [3.63, 3.8) is 0 Å². The molecule has 1 saturated heterocycles. The van der Waals surface area contributed by atoms with Crippen molar-refractivity contribution in [2.24, 2.45) is 0 Å². The molecular formula is C5H9NO5S. The molecule has 0 aromatic rings. The van der Waals surface area contributed by atoms with Crippen LogP contribution in [0, 0.1) is 0 Å². The lowest BCUT2D eigenvalue weighted by molar-refractivity contribution is 0.150. The highest BCUT2D eigenvalue weighted by Crippen LogP contribution is 2.22. The Morgan fingerprint density at radius 2 is 2.00 bits per heavy atom. The first kappa shape index (κ1) is 9.27. The first-order valence-electron chi connectivity index (χ1n) is 3.22. The summed E-state index contributed by atoms with van der Waals surface area (Å²) in [5.74, 6) is -0.633. The van der Waals surface area contributed by atoms with E-state index in [1.165, 1.54) is 0 Å². The Kier molecular flexibility index (Phi) is 2.01. The van der Waals surface area contributed by atoms with Crippen molar-refractivity contribution in [1.29, 1.82) is 0 Å². The van der Waals surface area contributed by atoms with Gasteiger partial charge in [-0.25, -0.2) is 13.2 Å². The normalized spacial score (nSPS) is 24.1. The lowest BCUT2D eigenvalue weighted by atomic mass is 10.1. The van der Waals surface area contributed by atoms with Crippen molar-refractivity contribution >= 4 is 15.9 Å². The minimum atomic E-state index is -3.13. The van der Waals surface area contributed by atoms with E-state index in [1.807, 2.05) is 5.32 Å². The van der Waals surface area contributed by atoms with Crippen molar-refractivity contribution in [3.8, 4) is 0 Å². The van der Waals surface area contributed by atoms with Crippen molar-refractivity contribution in [1.82, 2.24) is 5.32 Å². The van der Waals surface area contributed by atoms with Gasteiger partial charge < -0.3 is 15.5 Å². The van der Waals surface area contributed by atoms with Gasteiger partial charge >= 0.3 is 6.09 Å². The predicted octanol–water partition coefficient (Wildman–Crippen LogP) is -1.59. The quantitative estimate of drug-likeness (QED) is 0.493. The molecular weight excluding hydrogens is 186 g/mol. The minimum absolute atomic E-state index is 0.317. The zero-order valence-electron chi connectivity index (χ0n) is 6.15. The summed E-state index contributed by atoms with van der Waals surface area (Å²) in [5, 5.41) is 19.0. The molecule has 0 atom stereocenters. The third kappa shape index (κ3) is 1.67. The fraction of sp³-hybridized carbons (Fsp3) is 0.800. The van der Waals surface area contributed by atoms with Gasteiger partial charge in [0.15, 0.2) is 9.84 Å². The summed E-state index contributed by atoms with van der Waals surface area (Å²) < 4.78 is 21.4. The van der Waals surface area contributed by atoms with Gasteiger partial charge in [0, 0.05) is 0 Å². The monoisotopic (exact) mass is 195 g/mol.